The Kier molecular flexibility index (Phi) is 6.81. The van der Waals surface area contributed by atoms with Gasteiger partial charge < -0.3 is 9.84 Å². The van der Waals surface area contributed by atoms with Crippen LogP contribution in [0.5, 0.6) is 0 Å². The highest BCUT2D eigenvalue weighted by molar-refractivity contribution is 5.92. The number of carboxylic acid groups (broad SMARTS) is 1. The molecule has 8 heteroatoms. The Hall–Kier alpha value is -3.94. The number of rotatable bonds is 8. The molecule has 0 saturated heterocycles. The summed E-state index contributed by atoms with van der Waals surface area (Å²) in [4.78, 5) is 41.3. The predicted molar refractivity (Wildman–Crippen MR) is 117 cm³/mol. The van der Waals surface area contributed by atoms with Crippen molar-refractivity contribution in [2.24, 2.45) is 4.99 Å². The van der Waals surface area contributed by atoms with Gasteiger partial charge in [-0.25, -0.2) is 9.48 Å². The number of aryl methyl sites for hydroxylation is 1. The molecule has 0 aliphatic carbocycles. The predicted octanol–water partition coefficient (Wildman–Crippen LogP) is 3.28. The first-order valence-electron chi connectivity index (χ1n) is 9.90. The van der Waals surface area contributed by atoms with Gasteiger partial charge >= 0.3 is 11.9 Å². The number of ether oxygens (including phenoxy) is 1. The number of aromatic amines is 1. The van der Waals surface area contributed by atoms with Gasteiger partial charge in [-0.2, -0.15) is 0 Å². The fourth-order valence-electron chi connectivity index (χ4n) is 3.21. The van der Waals surface area contributed by atoms with Crippen molar-refractivity contribution < 1.29 is 19.4 Å². The van der Waals surface area contributed by atoms with E-state index in [1.54, 1.807) is 19.1 Å². The van der Waals surface area contributed by atoms with E-state index in [4.69, 9.17) is 4.74 Å². The Morgan fingerprint density at radius 1 is 1.13 bits per heavy atom. The Morgan fingerprint density at radius 3 is 2.55 bits per heavy atom. The molecule has 0 atom stereocenters. The van der Waals surface area contributed by atoms with Crippen LogP contribution in [0.2, 0.25) is 0 Å². The van der Waals surface area contributed by atoms with Crippen molar-refractivity contribution in [2.75, 3.05) is 6.61 Å². The van der Waals surface area contributed by atoms with Gasteiger partial charge in [-0.3, -0.25) is 19.7 Å². The van der Waals surface area contributed by atoms with Crippen LogP contribution >= 0.6 is 0 Å². The molecule has 0 saturated carbocycles. The van der Waals surface area contributed by atoms with Crippen LogP contribution in [0.1, 0.15) is 41.0 Å². The monoisotopic (exact) mass is 421 g/mol. The van der Waals surface area contributed by atoms with E-state index in [1.807, 2.05) is 31.2 Å². The van der Waals surface area contributed by atoms with Crippen LogP contribution in [0.15, 0.2) is 58.3 Å². The summed E-state index contributed by atoms with van der Waals surface area (Å²) in [6.07, 6.45) is 2.00. The lowest BCUT2D eigenvalue weighted by molar-refractivity contribution is -0.142. The molecule has 0 unspecified atom stereocenters. The number of aromatic nitrogens is 2. The molecule has 3 aromatic rings. The van der Waals surface area contributed by atoms with Gasteiger partial charge in [0.2, 0.25) is 0 Å². The highest BCUT2D eigenvalue weighted by atomic mass is 16.5. The molecule has 0 aliphatic rings. The highest BCUT2D eigenvalue weighted by Crippen LogP contribution is 2.19. The zero-order chi connectivity index (χ0) is 22.4. The molecule has 2 aromatic carbocycles. The van der Waals surface area contributed by atoms with Crippen molar-refractivity contribution in [1.82, 2.24) is 9.78 Å². The van der Waals surface area contributed by atoms with Crippen molar-refractivity contribution in [1.29, 1.82) is 0 Å². The number of hydrogen-bond donors (Lipinski definition) is 2. The lowest BCUT2D eigenvalue weighted by Gasteiger charge is -2.06. The third-order valence-corrected chi connectivity index (χ3v) is 4.71. The molecule has 0 amide bonds. The standard InChI is InChI=1S/C23H23N3O5/c1-3-15-9-5-7-11-18(15)24-14-17-19(13-21(27)31-4-2)25-26(22(17)28)20-12-8-6-10-16(20)23(29)30/h5-12,14,25H,3-4,13H2,1-2H3,(H,29,30). The van der Waals surface area contributed by atoms with Gasteiger partial charge in [0, 0.05) is 6.21 Å². The third kappa shape index (κ3) is 4.80. The molecule has 0 aliphatic heterocycles. The maximum atomic E-state index is 13.2. The summed E-state index contributed by atoms with van der Waals surface area (Å²) < 4.78 is 6.12. The zero-order valence-electron chi connectivity index (χ0n) is 17.3. The average molecular weight is 421 g/mol. The van der Waals surface area contributed by atoms with E-state index in [-0.39, 0.29) is 29.8 Å². The van der Waals surface area contributed by atoms with Crippen LogP contribution < -0.4 is 5.56 Å². The molecule has 0 spiro atoms. The summed E-state index contributed by atoms with van der Waals surface area (Å²) in [5, 5.41) is 12.4. The van der Waals surface area contributed by atoms with E-state index < -0.39 is 17.5 Å². The number of carboxylic acids is 1. The van der Waals surface area contributed by atoms with Gasteiger partial charge in [0.1, 0.15) is 0 Å². The minimum Gasteiger partial charge on any atom is -0.478 e. The number of esters is 1. The summed E-state index contributed by atoms with van der Waals surface area (Å²) in [6.45, 7) is 3.91. The van der Waals surface area contributed by atoms with Gasteiger partial charge in [-0.15, -0.1) is 0 Å². The quantitative estimate of drug-likeness (QED) is 0.428. The largest absolute Gasteiger partial charge is 0.478 e. The van der Waals surface area contributed by atoms with E-state index in [2.05, 4.69) is 10.1 Å². The summed E-state index contributed by atoms with van der Waals surface area (Å²) in [5.74, 6) is -1.68. The number of para-hydroxylation sites is 2. The molecule has 0 fully saturated rings. The van der Waals surface area contributed by atoms with Crippen molar-refractivity contribution in [2.45, 2.75) is 26.7 Å². The van der Waals surface area contributed by atoms with Gasteiger partial charge in [0.15, 0.2) is 0 Å². The van der Waals surface area contributed by atoms with E-state index in [0.717, 1.165) is 16.7 Å². The number of carbonyl (C=O) groups excluding carboxylic acids is 1. The second kappa shape index (κ2) is 9.71. The van der Waals surface area contributed by atoms with Gasteiger partial charge in [0.05, 0.1) is 41.2 Å². The Morgan fingerprint density at radius 2 is 1.84 bits per heavy atom. The highest BCUT2D eigenvalue weighted by Gasteiger charge is 2.20. The fourth-order valence-corrected chi connectivity index (χ4v) is 3.21. The molecular formula is C23H23N3O5. The van der Waals surface area contributed by atoms with E-state index >= 15 is 0 Å². The summed E-state index contributed by atoms with van der Waals surface area (Å²) in [5.41, 5.74) is 1.79. The molecule has 2 N–H and O–H groups in total. The number of nitrogens with one attached hydrogen (secondary N) is 1. The number of carbonyl (C=O) groups is 2. The van der Waals surface area contributed by atoms with Crippen molar-refractivity contribution >= 4 is 23.8 Å². The molecule has 1 heterocycles. The number of hydrogen-bond acceptors (Lipinski definition) is 5. The molecule has 8 nitrogen and oxygen atoms in total. The SMILES string of the molecule is CCOC(=O)Cc1[nH]n(-c2ccccc2C(=O)O)c(=O)c1C=Nc1ccccc1CC. The number of H-pyrrole nitrogens is 1. The summed E-state index contributed by atoms with van der Waals surface area (Å²) >= 11 is 0. The molecule has 1 aromatic heterocycles. The van der Waals surface area contributed by atoms with Crippen molar-refractivity contribution in [3.8, 4) is 5.69 Å². The van der Waals surface area contributed by atoms with Gasteiger partial charge in [0.25, 0.3) is 5.56 Å². The number of aliphatic imine (C=N–C) groups is 1. The molecule has 3 rings (SSSR count). The van der Waals surface area contributed by atoms with Gasteiger partial charge in [-0.05, 0) is 37.1 Å². The Balaban J connectivity index is 2.13. The minimum atomic E-state index is -1.17. The molecule has 160 valence electrons. The molecule has 0 radical (unpaired) electrons. The number of benzene rings is 2. The number of nitrogens with zero attached hydrogens (tertiary/aromatic N) is 2. The molecular weight excluding hydrogens is 398 g/mol. The molecule has 0 bridgehead atoms. The van der Waals surface area contributed by atoms with E-state index in [1.165, 1.54) is 18.3 Å². The first kappa shape index (κ1) is 21.8. The Bertz CT molecular complexity index is 1190. The third-order valence-electron chi connectivity index (χ3n) is 4.71. The van der Waals surface area contributed by atoms with Crippen LogP contribution in [0.4, 0.5) is 5.69 Å². The first-order chi connectivity index (χ1) is 15.0. The first-order valence-corrected chi connectivity index (χ1v) is 9.90. The van der Waals surface area contributed by atoms with Crippen LogP contribution in [0.3, 0.4) is 0 Å². The Labute approximate surface area is 178 Å². The normalized spacial score (nSPS) is 11.0. The topological polar surface area (TPSA) is 114 Å². The number of aromatic carboxylic acids is 1. The van der Waals surface area contributed by atoms with Gasteiger partial charge in [-0.1, -0.05) is 37.3 Å². The lowest BCUT2D eigenvalue weighted by Crippen LogP contribution is -2.19. The van der Waals surface area contributed by atoms with Crippen molar-refractivity contribution in [3.05, 3.63) is 81.3 Å². The van der Waals surface area contributed by atoms with Crippen LogP contribution in [0, 0.1) is 0 Å². The minimum absolute atomic E-state index is 0.0478. The lowest BCUT2D eigenvalue weighted by atomic mass is 10.1. The fraction of sp³-hybridized carbons (Fsp3) is 0.217. The second-order valence-electron chi connectivity index (χ2n) is 6.69. The van der Waals surface area contributed by atoms with E-state index in [0.29, 0.717) is 11.4 Å². The molecule has 31 heavy (non-hydrogen) atoms. The summed E-state index contributed by atoms with van der Waals surface area (Å²) in [7, 11) is 0. The van der Waals surface area contributed by atoms with Crippen LogP contribution in [-0.2, 0) is 22.4 Å². The smallest absolute Gasteiger partial charge is 0.337 e. The van der Waals surface area contributed by atoms with Crippen LogP contribution in [0.25, 0.3) is 5.69 Å². The zero-order valence-corrected chi connectivity index (χ0v) is 17.3. The van der Waals surface area contributed by atoms with Crippen LogP contribution in [-0.4, -0.2) is 39.6 Å². The van der Waals surface area contributed by atoms with E-state index in [9.17, 15) is 19.5 Å². The second-order valence-corrected chi connectivity index (χ2v) is 6.69. The summed E-state index contributed by atoms with van der Waals surface area (Å²) in [6, 6.07) is 13.7. The van der Waals surface area contributed by atoms with Crippen molar-refractivity contribution in [3.63, 3.8) is 0 Å². The maximum Gasteiger partial charge on any atom is 0.337 e. The average Bonchev–Trinajstić information content (AvgIpc) is 3.07. The maximum absolute atomic E-state index is 13.2.